The molecule has 0 aliphatic heterocycles. The number of terminal acetylenes is 1. The first kappa shape index (κ1) is 14.9. The van der Waals surface area contributed by atoms with Crippen molar-refractivity contribution in [1.82, 2.24) is 9.78 Å². The summed E-state index contributed by atoms with van der Waals surface area (Å²) < 4.78 is 1.25. The van der Waals surface area contributed by atoms with Gasteiger partial charge in [0.25, 0.3) is 5.56 Å². The zero-order chi connectivity index (χ0) is 14.7. The number of rotatable bonds is 3. The van der Waals surface area contributed by atoms with E-state index in [0.29, 0.717) is 16.6 Å². The largest absolute Gasteiger partial charge is 0.377 e. The quantitative estimate of drug-likeness (QED) is 0.872. The molecule has 1 N–H and O–H groups in total. The lowest BCUT2D eigenvalue weighted by Gasteiger charge is -2.33. The molecule has 0 radical (unpaired) electrons. The van der Waals surface area contributed by atoms with Crippen molar-refractivity contribution in [2.45, 2.75) is 45.7 Å². The Morgan fingerprint density at radius 3 is 2.90 bits per heavy atom. The van der Waals surface area contributed by atoms with E-state index >= 15 is 0 Å². The minimum absolute atomic E-state index is 0.156. The fraction of sp³-hybridized carbons (Fsp3) is 0.600. The molecule has 0 saturated heterocycles. The van der Waals surface area contributed by atoms with Gasteiger partial charge in [0.05, 0.1) is 11.2 Å². The number of aromatic nitrogens is 2. The van der Waals surface area contributed by atoms with E-state index in [1.165, 1.54) is 17.3 Å². The van der Waals surface area contributed by atoms with Crippen molar-refractivity contribution in [3.63, 3.8) is 0 Å². The first-order valence-corrected chi connectivity index (χ1v) is 7.36. The topological polar surface area (TPSA) is 46.9 Å². The molecule has 1 aromatic rings. The molecule has 3 unspecified atom stereocenters. The predicted octanol–water partition coefficient (Wildman–Crippen LogP) is 2.77. The fourth-order valence-corrected chi connectivity index (χ4v) is 2.86. The SMILES string of the molecule is C#CCn1ncc(Cl)c(NC2CCC(C)C(C)C2)c1=O. The van der Waals surface area contributed by atoms with Gasteiger partial charge in [-0.2, -0.15) is 5.10 Å². The van der Waals surface area contributed by atoms with E-state index in [0.717, 1.165) is 18.8 Å². The van der Waals surface area contributed by atoms with E-state index in [4.69, 9.17) is 18.0 Å². The van der Waals surface area contributed by atoms with Crippen LogP contribution in [0.1, 0.15) is 33.1 Å². The molecule has 1 aliphatic carbocycles. The van der Waals surface area contributed by atoms with Gasteiger partial charge in [-0.25, -0.2) is 4.68 Å². The molecule has 0 aromatic carbocycles. The number of halogens is 1. The first-order chi connectivity index (χ1) is 9.52. The summed E-state index contributed by atoms with van der Waals surface area (Å²) >= 11 is 6.10. The molecule has 1 saturated carbocycles. The van der Waals surface area contributed by atoms with Crippen molar-refractivity contribution in [3.8, 4) is 12.3 Å². The van der Waals surface area contributed by atoms with Crippen molar-refractivity contribution in [2.24, 2.45) is 11.8 Å². The number of hydrogen-bond donors (Lipinski definition) is 1. The van der Waals surface area contributed by atoms with Crippen LogP contribution in [0.4, 0.5) is 5.69 Å². The molecule has 108 valence electrons. The van der Waals surface area contributed by atoms with Gasteiger partial charge in [-0.3, -0.25) is 4.79 Å². The molecular formula is C15H20ClN3O. The highest BCUT2D eigenvalue weighted by molar-refractivity contribution is 6.33. The summed E-state index contributed by atoms with van der Waals surface area (Å²) in [6.07, 6.45) is 9.97. The van der Waals surface area contributed by atoms with Gasteiger partial charge in [0.15, 0.2) is 0 Å². The lowest BCUT2D eigenvalue weighted by molar-refractivity contribution is 0.260. The average Bonchev–Trinajstić information content (AvgIpc) is 2.42. The third kappa shape index (κ3) is 3.16. The zero-order valence-electron chi connectivity index (χ0n) is 11.9. The maximum absolute atomic E-state index is 12.3. The molecule has 1 heterocycles. The third-order valence-electron chi connectivity index (χ3n) is 4.19. The molecule has 0 spiro atoms. The second-order valence-electron chi connectivity index (χ2n) is 5.64. The maximum Gasteiger partial charge on any atom is 0.292 e. The summed E-state index contributed by atoms with van der Waals surface area (Å²) in [4.78, 5) is 12.3. The van der Waals surface area contributed by atoms with Gasteiger partial charge in [0, 0.05) is 6.04 Å². The molecule has 1 aromatic heterocycles. The van der Waals surface area contributed by atoms with Gasteiger partial charge in [-0.1, -0.05) is 31.4 Å². The molecule has 1 fully saturated rings. The van der Waals surface area contributed by atoms with Crippen LogP contribution in [0.2, 0.25) is 5.02 Å². The fourth-order valence-electron chi connectivity index (χ4n) is 2.68. The highest BCUT2D eigenvalue weighted by Crippen LogP contribution is 2.31. The van der Waals surface area contributed by atoms with Crippen molar-refractivity contribution in [2.75, 3.05) is 5.32 Å². The normalized spacial score (nSPS) is 26.0. The van der Waals surface area contributed by atoms with Crippen LogP contribution in [0.3, 0.4) is 0 Å². The summed E-state index contributed by atoms with van der Waals surface area (Å²) in [5.41, 5.74) is 0.172. The van der Waals surface area contributed by atoms with Gasteiger partial charge in [-0.15, -0.1) is 6.42 Å². The Balaban J connectivity index is 2.19. The summed E-state index contributed by atoms with van der Waals surface area (Å²) in [6.45, 7) is 4.69. The summed E-state index contributed by atoms with van der Waals surface area (Å²) in [5, 5.41) is 7.59. The van der Waals surface area contributed by atoms with E-state index in [9.17, 15) is 4.79 Å². The van der Waals surface area contributed by atoms with Crippen LogP contribution in [0.5, 0.6) is 0 Å². The van der Waals surface area contributed by atoms with Gasteiger partial charge in [0.1, 0.15) is 12.2 Å². The van der Waals surface area contributed by atoms with Crippen LogP contribution in [0.25, 0.3) is 0 Å². The van der Waals surface area contributed by atoms with E-state index in [1.807, 2.05) is 0 Å². The lowest BCUT2D eigenvalue weighted by atomic mass is 9.79. The summed E-state index contributed by atoms with van der Waals surface area (Å²) in [5.74, 6) is 3.80. The average molecular weight is 294 g/mol. The monoisotopic (exact) mass is 293 g/mol. The van der Waals surface area contributed by atoms with Crippen molar-refractivity contribution in [1.29, 1.82) is 0 Å². The zero-order valence-corrected chi connectivity index (χ0v) is 12.7. The first-order valence-electron chi connectivity index (χ1n) is 6.98. The molecule has 20 heavy (non-hydrogen) atoms. The van der Waals surface area contributed by atoms with Crippen LogP contribution in [-0.2, 0) is 6.54 Å². The molecule has 0 bridgehead atoms. The third-order valence-corrected chi connectivity index (χ3v) is 4.47. The van der Waals surface area contributed by atoms with Gasteiger partial charge in [0.2, 0.25) is 0 Å². The van der Waals surface area contributed by atoms with E-state index in [-0.39, 0.29) is 18.1 Å². The van der Waals surface area contributed by atoms with Gasteiger partial charge >= 0.3 is 0 Å². The molecule has 2 rings (SSSR count). The number of nitrogens with zero attached hydrogens (tertiary/aromatic N) is 2. The van der Waals surface area contributed by atoms with Crippen LogP contribution in [0, 0.1) is 24.2 Å². The molecular weight excluding hydrogens is 274 g/mol. The van der Waals surface area contributed by atoms with Crippen LogP contribution >= 0.6 is 11.6 Å². The Hall–Kier alpha value is -1.47. The van der Waals surface area contributed by atoms with Crippen molar-refractivity contribution >= 4 is 17.3 Å². The molecule has 3 atom stereocenters. The number of hydrogen-bond acceptors (Lipinski definition) is 3. The summed E-state index contributed by atoms with van der Waals surface area (Å²) in [7, 11) is 0. The van der Waals surface area contributed by atoms with Crippen LogP contribution in [0.15, 0.2) is 11.0 Å². The second kappa shape index (κ2) is 6.32. The van der Waals surface area contributed by atoms with E-state index < -0.39 is 0 Å². The minimum atomic E-state index is -0.248. The number of anilines is 1. The standard InChI is InChI=1S/C15H20ClN3O/c1-4-7-19-15(20)14(13(16)9-17-19)18-12-6-5-10(2)11(3)8-12/h1,9-12,18H,5-8H2,2-3H3. The molecule has 0 amide bonds. The van der Waals surface area contributed by atoms with Gasteiger partial charge < -0.3 is 5.32 Å². The van der Waals surface area contributed by atoms with Crippen molar-refractivity contribution in [3.05, 3.63) is 21.6 Å². The van der Waals surface area contributed by atoms with Crippen LogP contribution in [-0.4, -0.2) is 15.8 Å². The van der Waals surface area contributed by atoms with E-state index in [2.05, 4.69) is 30.2 Å². The van der Waals surface area contributed by atoms with E-state index in [1.54, 1.807) is 0 Å². The Kier molecular flexibility index (Phi) is 4.72. The molecule has 4 nitrogen and oxygen atoms in total. The lowest BCUT2D eigenvalue weighted by Crippen LogP contribution is -2.34. The Morgan fingerprint density at radius 2 is 2.25 bits per heavy atom. The Labute approximate surface area is 124 Å². The molecule has 5 heteroatoms. The van der Waals surface area contributed by atoms with Crippen LogP contribution < -0.4 is 10.9 Å². The summed E-state index contributed by atoms with van der Waals surface area (Å²) in [6, 6.07) is 0.285. The Morgan fingerprint density at radius 1 is 1.50 bits per heavy atom. The smallest absolute Gasteiger partial charge is 0.292 e. The van der Waals surface area contributed by atoms with Crippen molar-refractivity contribution < 1.29 is 0 Å². The highest BCUT2D eigenvalue weighted by Gasteiger charge is 2.25. The molecule has 1 aliphatic rings. The highest BCUT2D eigenvalue weighted by atomic mass is 35.5. The number of nitrogens with one attached hydrogen (secondary N) is 1. The predicted molar refractivity (Wildman–Crippen MR) is 81.9 cm³/mol. The maximum atomic E-state index is 12.3. The Bertz CT molecular complexity index is 575. The minimum Gasteiger partial charge on any atom is -0.377 e. The van der Waals surface area contributed by atoms with Gasteiger partial charge in [-0.05, 0) is 31.1 Å². The second-order valence-corrected chi connectivity index (χ2v) is 6.05.